The Morgan fingerprint density at radius 1 is 1.50 bits per heavy atom. The molecular weight excluding hydrogens is 204 g/mol. The molecule has 1 aliphatic carbocycles. The quantitative estimate of drug-likeness (QED) is 0.700. The molecule has 1 saturated carbocycles. The van der Waals surface area contributed by atoms with Crippen LogP contribution in [0.3, 0.4) is 0 Å². The molecule has 0 aromatic rings. The van der Waals surface area contributed by atoms with Crippen molar-refractivity contribution in [2.24, 2.45) is 5.92 Å². The van der Waals surface area contributed by atoms with E-state index < -0.39 is 0 Å². The molecular formula is C12H22N2O2. The zero-order chi connectivity index (χ0) is 11.4. The molecule has 2 fully saturated rings. The Kier molecular flexibility index (Phi) is 3.82. The molecule has 2 N–H and O–H groups in total. The molecule has 1 atom stereocenters. The van der Waals surface area contributed by atoms with Gasteiger partial charge in [0.15, 0.2) is 0 Å². The van der Waals surface area contributed by atoms with Crippen molar-refractivity contribution in [1.29, 1.82) is 0 Å². The van der Waals surface area contributed by atoms with Crippen LogP contribution in [0.15, 0.2) is 0 Å². The lowest BCUT2D eigenvalue weighted by Crippen LogP contribution is -2.42. The number of carbonyl (C=O) groups excluding carboxylic acids is 1. The van der Waals surface area contributed by atoms with Crippen molar-refractivity contribution >= 4 is 5.91 Å². The van der Waals surface area contributed by atoms with Crippen LogP contribution in [-0.2, 0) is 9.53 Å². The smallest absolute Gasteiger partial charge is 0.233 e. The van der Waals surface area contributed by atoms with Gasteiger partial charge in [0, 0.05) is 19.7 Å². The van der Waals surface area contributed by atoms with E-state index in [1.165, 1.54) is 12.8 Å². The van der Waals surface area contributed by atoms with Gasteiger partial charge in [-0.1, -0.05) is 0 Å². The van der Waals surface area contributed by atoms with Gasteiger partial charge in [-0.15, -0.1) is 0 Å². The number of hydrogen-bond donors (Lipinski definition) is 2. The Balaban J connectivity index is 1.54. The molecule has 1 saturated heterocycles. The Bertz CT molecular complexity index is 245. The van der Waals surface area contributed by atoms with Crippen LogP contribution in [0.1, 0.15) is 32.6 Å². The topological polar surface area (TPSA) is 50.4 Å². The Morgan fingerprint density at radius 3 is 2.94 bits per heavy atom. The van der Waals surface area contributed by atoms with E-state index in [0.29, 0.717) is 6.54 Å². The van der Waals surface area contributed by atoms with E-state index in [9.17, 15) is 4.79 Å². The standard InChI is InChI=1S/C12H22N2O2/c1-12(5-2-6-16-12)9-13-8-11(15)14-7-10-3-4-10/h10,13H,2-9H2,1H3,(H,14,15). The minimum atomic E-state index is -0.0588. The van der Waals surface area contributed by atoms with Gasteiger partial charge in [-0.05, 0) is 38.5 Å². The molecule has 0 spiro atoms. The molecule has 1 aliphatic heterocycles. The third kappa shape index (κ3) is 3.76. The van der Waals surface area contributed by atoms with Gasteiger partial charge in [0.25, 0.3) is 0 Å². The predicted octanol–water partition coefficient (Wildman–Crippen LogP) is 0.671. The van der Waals surface area contributed by atoms with Gasteiger partial charge in [0.1, 0.15) is 0 Å². The summed E-state index contributed by atoms with van der Waals surface area (Å²) in [5.41, 5.74) is -0.0588. The molecule has 2 rings (SSSR count). The van der Waals surface area contributed by atoms with Crippen LogP contribution >= 0.6 is 0 Å². The summed E-state index contributed by atoms with van der Waals surface area (Å²) in [6, 6.07) is 0. The van der Waals surface area contributed by atoms with Crippen LogP contribution in [0.2, 0.25) is 0 Å². The average molecular weight is 226 g/mol. The summed E-state index contributed by atoms with van der Waals surface area (Å²) in [7, 11) is 0. The number of rotatable bonds is 6. The molecule has 0 aromatic carbocycles. The van der Waals surface area contributed by atoms with Gasteiger partial charge >= 0.3 is 0 Å². The molecule has 1 unspecified atom stereocenters. The van der Waals surface area contributed by atoms with E-state index in [1.807, 2.05) is 0 Å². The minimum Gasteiger partial charge on any atom is -0.374 e. The second-order valence-electron chi connectivity index (χ2n) is 5.25. The largest absolute Gasteiger partial charge is 0.374 e. The summed E-state index contributed by atoms with van der Waals surface area (Å²) in [6.07, 6.45) is 4.77. The van der Waals surface area contributed by atoms with Gasteiger partial charge in [-0.3, -0.25) is 4.79 Å². The highest BCUT2D eigenvalue weighted by atomic mass is 16.5. The molecule has 92 valence electrons. The van der Waals surface area contributed by atoms with Crippen LogP contribution in [-0.4, -0.2) is 37.7 Å². The maximum absolute atomic E-state index is 11.4. The SMILES string of the molecule is CC1(CNCC(=O)NCC2CC2)CCCO1. The van der Waals surface area contributed by atoms with Crippen molar-refractivity contribution in [3.8, 4) is 0 Å². The second kappa shape index (κ2) is 5.15. The zero-order valence-electron chi connectivity index (χ0n) is 10.1. The molecule has 16 heavy (non-hydrogen) atoms. The van der Waals surface area contributed by atoms with Gasteiger partial charge in [0.05, 0.1) is 12.1 Å². The highest BCUT2D eigenvalue weighted by Gasteiger charge is 2.29. The number of ether oxygens (including phenoxy) is 1. The number of amides is 1. The van der Waals surface area contributed by atoms with Gasteiger partial charge in [0.2, 0.25) is 5.91 Å². The van der Waals surface area contributed by atoms with E-state index in [2.05, 4.69) is 17.6 Å². The van der Waals surface area contributed by atoms with E-state index in [0.717, 1.165) is 38.5 Å². The lowest BCUT2D eigenvalue weighted by atomic mass is 10.0. The zero-order valence-corrected chi connectivity index (χ0v) is 10.1. The van der Waals surface area contributed by atoms with E-state index in [-0.39, 0.29) is 11.5 Å². The molecule has 0 bridgehead atoms. The number of hydrogen-bond acceptors (Lipinski definition) is 3. The van der Waals surface area contributed by atoms with Crippen molar-refractivity contribution in [2.75, 3.05) is 26.2 Å². The van der Waals surface area contributed by atoms with E-state index in [1.54, 1.807) is 0 Å². The fourth-order valence-corrected chi connectivity index (χ4v) is 2.06. The van der Waals surface area contributed by atoms with Crippen molar-refractivity contribution in [2.45, 2.75) is 38.2 Å². The Hall–Kier alpha value is -0.610. The van der Waals surface area contributed by atoms with Gasteiger partial charge in [-0.25, -0.2) is 0 Å². The molecule has 0 aromatic heterocycles. The van der Waals surface area contributed by atoms with Crippen molar-refractivity contribution < 1.29 is 9.53 Å². The fourth-order valence-electron chi connectivity index (χ4n) is 2.06. The first-order valence-corrected chi connectivity index (χ1v) is 6.29. The molecule has 2 aliphatic rings. The van der Waals surface area contributed by atoms with E-state index >= 15 is 0 Å². The fraction of sp³-hybridized carbons (Fsp3) is 0.917. The Morgan fingerprint density at radius 2 is 2.31 bits per heavy atom. The maximum atomic E-state index is 11.4. The van der Waals surface area contributed by atoms with Gasteiger partial charge in [-0.2, -0.15) is 0 Å². The van der Waals surface area contributed by atoms with Crippen LogP contribution in [0.25, 0.3) is 0 Å². The second-order valence-corrected chi connectivity index (χ2v) is 5.25. The monoisotopic (exact) mass is 226 g/mol. The van der Waals surface area contributed by atoms with Crippen LogP contribution in [0.4, 0.5) is 0 Å². The van der Waals surface area contributed by atoms with Crippen LogP contribution < -0.4 is 10.6 Å². The van der Waals surface area contributed by atoms with Crippen LogP contribution in [0.5, 0.6) is 0 Å². The molecule has 1 heterocycles. The van der Waals surface area contributed by atoms with Crippen molar-refractivity contribution in [1.82, 2.24) is 10.6 Å². The third-order valence-corrected chi connectivity index (χ3v) is 3.37. The number of carbonyl (C=O) groups is 1. The first-order valence-electron chi connectivity index (χ1n) is 6.29. The maximum Gasteiger partial charge on any atom is 0.233 e. The average Bonchev–Trinajstić information content (AvgIpc) is 2.99. The number of nitrogens with one attached hydrogen (secondary N) is 2. The summed E-state index contributed by atoms with van der Waals surface area (Å²) in [5, 5.41) is 6.11. The lowest BCUT2D eigenvalue weighted by Gasteiger charge is -2.23. The highest BCUT2D eigenvalue weighted by molar-refractivity contribution is 5.77. The highest BCUT2D eigenvalue weighted by Crippen LogP contribution is 2.27. The van der Waals surface area contributed by atoms with Gasteiger partial charge < -0.3 is 15.4 Å². The lowest BCUT2D eigenvalue weighted by molar-refractivity contribution is -0.120. The Labute approximate surface area is 97.1 Å². The van der Waals surface area contributed by atoms with E-state index in [4.69, 9.17) is 4.74 Å². The molecule has 4 nitrogen and oxygen atoms in total. The van der Waals surface area contributed by atoms with Crippen molar-refractivity contribution in [3.05, 3.63) is 0 Å². The summed E-state index contributed by atoms with van der Waals surface area (Å²) >= 11 is 0. The predicted molar refractivity (Wildman–Crippen MR) is 62.2 cm³/mol. The first kappa shape index (κ1) is 11.9. The molecule has 0 radical (unpaired) electrons. The minimum absolute atomic E-state index is 0.0588. The summed E-state index contributed by atoms with van der Waals surface area (Å²) < 4.78 is 5.64. The van der Waals surface area contributed by atoms with Crippen molar-refractivity contribution in [3.63, 3.8) is 0 Å². The summed E-state index contributed by atoms with van der Waals surface area (Å²) in [4.78, 5) is 11.4. The molecule has 4 heteroatoms. The summed E-state index contributed by atoms with van der Waals surface area (Å²) in [6.45, 7) is 4.99. The van der Waals surface area contributed by atoms with Crippen LogP contribution in [0, 0.1) is 5.92 Å². The third-order valence-electron chi connectivity index (χ3n) is 3.37. The molecule has 1 amide bonds. The summed E-state index contributed by atoms with van der Waals surface area (Å²) in [5.74, 6) is 0.855. The normalized spacial score (nSPS) is 29.3. The first-order chi connectivity index (χ1) is 7.68.